The quantitative estimate of drug-likeness (QED) is 0.674. The molecule has 18 heavy (non-hydrogen) atoms. The minimum atomic E-state index is 0.142. The smallest absolute Gasteiger partial charge is 0.0701 e. The van der Waals surface area contributed by atoms with Crippen LogP contribution in [-0.4, -0.2) is 4.98 Å². The molecule has 0 amide bonds. The Morgan fingerprint density at radius 2 is 2.44 bits per heavy atom. The Morgan fingerprint density at radius 1 is 1.56 bits per heavy atom. The maximum atomic E-state index is 5.76. The van der Waals surface area contributed by atoms with Gasteiger partial charge in [0.2, 0.25) is 0 Å². The van der Waals surface area contributed by atoms with E-state index in [4.69, 9.17) is 5.84 Å². The first kappa shape index (κ1) is 12.3. The molecule has 2 aromatic heterocycles. The van der Waals surface area contributed by atoms with Gasteiger partial charge in [-0.1, -0.05) is 6.07 Å². The van der Waals surface area contributed by atoms with Crippen LogP contribution in [0.15, 0.2) is 33.6 Å². The van der Waals surface area contributed by atoms with Gasteiger partial charge in [0.25, 0.3) is 0 Å². The fourth-order valence-corrected chi connectivity index (χ4v) is 3.91. The highest BCUT2D eigenvalue weighted by Crippen LogP contribution is 2.41. The van der Waals surface area contributed by atoms with E-state index in [1.807, 2.05) is 12.3 Å². The van der Waals surface area contributed by atoms with Crippen LogP contribution >= 0.6 is 27.3 Å². The van der Waals surface area contributed by atoms with E-state index in [-0.39, 0.29) is 6.04 Å². The van der Waals surface area contributed by atoms with Crippen molar-refractivity contribution in [1.82, 2.24) is 10.4 Å². The van der Waals surface area contributed by atoms with Gasteiger partial charge in [0, 0.05) is 17.8 Å². The number of nitrogens with one attached hydrogen (secondary N) is 1. The van der Waals surface area contributed by atoms with E-state index in [0.717, 1.165) is 16.6 Å². The molecule has 94 valence electrons. The average Bonchev–Trinajstić information content (AvgIpc) is 2.98. The highest BCUT2D eigenvalue weighted by molar-refractivity contribution is 9.11. The summed E-state index contributed by atoms with van der Waals surface area (Å²) in [6, 6.07) is 6.45. The summed E-state index contributed by atoms with van der Waals surface area (Å²) in [6.45, 7) is 0. The van der Waals surface area contributed by atoms with E-state index in [0.29, 0.717) is 5.92 Å². The molecular weight excluding hydrogens is 310 g/mol. The van der Waals surface area contributed by atoms with Crippen LogP contribution in [0.4, 0.5) is 0 Å². The second kappa shape index (κ2) is 5.09. The Balaban J connectivity index is 1.95. The molecule has 0 radical (unpaired) electrons. The minimum Gasteiger partial charge on any atom is -0.271 e. The Bertz CT molecular complexity index is 555. The molecule has 2 aromatic rings. The molecule has 0 saturated carbocycles. The first-order valence-corrected chi connectivity index (χ1v) is 7.60. The summed E-state index contributed by atoms with van der Waals surface area (Å²) in [7, 11) is 0. The molecule has 0 aromatic carbocycles. The molecule has 2 unspecified atom stereocenters. The van der Waals surface area contributed by atoms with E-state index >= 15 is 0 Å². The molecule has 0 saturated heterocycles. The molecule has 1 aliphatic carbocycles. The first-order valence-electron chi connectivity index (χ1n) is 5.93. The zero-order valence-electron chi connectivity index (χ0n) is 9.77. The Hall–Kier alpha value is -0.750. The van der Waals surface area contributed by atoms with Crippen LogP contribution in [0.3, 0.4) is 0 Å². The van der Waals surface area contributed by atoms with Crippen molar-refractivity contribution in [3.63, 3.8) is 0 Å². The Morgan fingerprint density at radius 3 is 3.17 bits per heavy atom. The van der Waals surface area contributed by atoms with Crippen LogP contribution in [-0.2, 0) is 6.42 Å². The number of hydrogen-bond acceptors (Lipinski definition) is 4. The number of pyridine rings is 1. The van der Waals surface area contributed by atoms with Gasteiger partial charge < -0.3 is 0 Å². The van der Waals surface area contributed by atoms with Crippen LogP contribution < -0.4 is 11.3 Å². The molecule has 2 heterocycles. The van der Waals surface area contributed by atoms with E-state index in [1.165, 1.54) is 16.8 Å². The molecular formula is C13H14BrN3S. The number of nitrogens with zero attached hydrogens (tertiary/aromatic N) is 1. The van der Waals surface area contributed by atoms with Crippen molar-refractivity contribution < 1.29 is 0 Å². The predicted octanol–water partition coefficient (Wildman–Crippen LogP) is 3.14. The monoisotopic (exact) mass is 323 g/mol. The third-order valence-electron chi connectivity index (χ3n) is 3.53. The first-order chi connectivity index (χ1) is 8.79. The van der Waals surface area contributed by atoms with Gasteiger partial charge in [-0.2, -0.15) is 0 Å². The molecule has 0 fully saturated rings. The number of halogens is 1. The van der Waals surface area contributed by atoms with Crippen LogP contribution in [0.5, 0.6) is 0 Å². The Labute approximate surface area is 119 Å². The topological polar surface area (TPSA) is 50.9 Å². The fourth-order valence-electron chi connectivity index (χ4n) is 2.70. The maximum Gasteiger partial charge on any atom is 0.0701 e. The van der Waals surface area contributed by atoms with Crippen molar-refractivity contribution in [2.45, 2.75) is 24.8 Å². The van der Waals surface area contributed by atoms with Gasteiger partial charge in [0.05, 0.1) is 9.83 Å². The van der Waals surface area contributed by atoms with Crippen molar-refractivity contribution in [2.24, 2.45) is 5.84 Å². The third-order valence-corrected chi connectivity index (χ3v) is 5.05. The highest BCUT2D eigenvalue weighted by Gasteiger charge is 2.31. The van der Waals surface area contributed by atoms with Gasteiger partial charge in [-0.25, -0.2) is 0 Å². The van der Waals surface area contributed by atoms with Gasteiger partial charge in [-0.3, -0.25) is 16.3 Å². The van der Waals surface area contributed by atoms with Gasteiger partial charge in [0.1, 0.15) is 0 Å². The SMILES string of the molecule is NNC(c1csc(Br)c1)C1CCc2cccnc21. The zero-order valence-corrected chi connectivity index (χ0v) is 12.2. The summed E-state index contributed by atoms with van der Waals surface area (Å²) in [5.74, 6) is 6.13. The number of hydrazine groups is 1. The average molecular weight is 324 g/mol. The van der Waals surface area contributed by atoms with Crippen molar-refractivity contribution in [3.8, 4) is 0 Å². The molecule has 3 N–H and O–H groups in total. The lowest BCUT2D eigenvalue weighted by Crippen LogP contribution is -2.31. The number of rotatable bonds is 3. The summed E-state index contributed by atoms with van der Waals surface area (Å²) < 4.78 is 1.14. The van der Waals surface area contributed by atoms with E-state index in [1.54, 1.807) is 11.3 Å². The summed E-state index contributed by atoms with van der Waals surface area (Å²) in [6.07, 6.45) is 4.07. The van der Waals surface area contributed by atoms with Gasteiger partial charge in [0.15, 0.2) is 0 Å². The maximum absolute atomic E-state index is 5.76. The van der Waals surface area contributed by atoms with Gasteiger partial charge in [-0.05, 0) is 57.4 Å². The molecule has 5 heteroatoms. The molecule has 3 rings (SSSR count). The number of aryl methyl sites for hydroxylation is 1. The molecule has 3 nitrogen and oxygen atoms in total. The Kier molecular flexibility index (Phi) is 3.48. The molecule has 0 spiro atoms. The number of nitrogens with two attached hydrogens (primary N) is 1. The molecule has 2 atom stereocenters. The number of thiophene rings is 1. The lowest BCUT2D eigenvalue weighted by Gasteiger charge is -2.22. The minimum absolute atomic E-state index is 0.142. The molecule has 0 aliphatic heterocycles. The van der Waals surface area contributed by atoms with Gasteiger partial charge >= 0.3 is 0 Å². The summed E-state index contributed by atoms with van der Waals surface area (Å²) in [4.78, 5) is 4.54. The lowest BCUT2D eigenvalue weighted by molar-refractivity contribution is 0.448. The summed E-state index contributed by atoms with van der Waals surface area (Å²) in [5, 5.41) is 2.15. The highest BCUT2D eigenvalue weighted by atomic mass is 79.9. The molecule has 1 aliphatic rings. The zero-order chi connectivity index (χ0) is 12.5. The van der Waals surface area contributed by atoms with E-state index in [9.17, 15) is 0 Å². The predicted molar refractivity (Wildman–Crippen MR) is 77.4 cm³/mol. The number of aromatic nitrogens is 1. The van der Waals surface area contributed by atoms with Crippen LogP contribution in [0.2, 0.25) is 0 Å². The van der Waals surface area contributed by atoms with Crippen LogP contribution in [0.1, 0.15) is 35.2 Å². The number of fused-ring (bicyclic) bond motifs is 1. The summed E-state index contributed by atoms with van der Waals surface area (Å²) in [5.41, 5.74) is 6.75. The second-order valence-corrected chi connectivity index (χ2v) is 6.81. The summed E-state index contributed by atoms with van der Waals surface area (Å²) >= 11 is 5.19. The molecule has 0 bridgehead atoms. The van der Waals surface area contributed by atoms with Crippen molar-refractivity contribution in [1.29, 1.82) is 0 Å². The van der Waals surface area contributed by atoms with Crippen molar-refractivity contribution >= 4 is 27.3 Å². The van der Waals surface area contributed by atoms with E-state index < -0.39 is 0 Å². The second-order valence-electron chi connectivity index (χ2n) is 4.52. The fraction of sp³-hybridized carbons (Fsp3) is 0.308. The van der Waals surface area contributed by atoms with Crippen LogP contribution in [0, 0.1) is 0 Å². The lowest BCUT2D eigenvalue weighted by atomic mass is 9.93. The normalized spacial score (nSPS) is 19.8. The number of hydrogen-bond donors (Lipinski definition) is 2. The standard InChI is InChI=1S/C13H14BrN3S/c14-11-6-9(7-18-11)13(17-15)10-4-3-8-2-1-5-16-12(8)10/h1-2,5-7,10,13,17H,3-4,15H2. The van der Waals surface area contributed by atoms with Crippen molar-refractivity contribution in [3.05, 3.63) is 50.4 Å². The largest absolute Gasteiger partial charge is 0.271 e. The van der Waals surface area contributed by atoms with Gasteiger partial charge in [-0.15, -0.1) is 11.3 Å². The van der Waals surface area contributed by atoms with Crippen LogP contribution in [0.25, 0.3) is 0 Å². The van der Waals surface area contributed by atoms with Crippen molar-refractivity contribution in [2.75, 3.05) is 0 Å². The third kappa shape index (κ3) is 2.12. The van der Waals surface area contributed by atoms with E-state index in [2.05, 4.69) is 43.9 Å².